The van der Waals surface area contributed by atoms with Crippen LogP contribution < -0.4 is 0 Å². The van der Waals surface area contributed by atoms with Crippen molar-refractivity contribution in [3.63, 3.8) is 0 Å². The Labute approximate surface area is 176 Å². The Morgan fingerprint density at radius 2 is 1.86 bits per heavy atom. The molecule has 1 aromatic heterocycles. The van der Waals surface area contributed by atoms with Gasteiger partial charge in [-0.1, -0.05) is 34.4 Å². The molecule has 0 radical (unpaired) electrons. The second-order valence-electron chi connectivity index (χ2n) is 6.42. The average molecular weight is 460 g/mol. The first-order valence-electron chi connectivity index (χ1n) is 8.14. The van der Waals surface area contributed by atoms with Gasteiger partial charge in [0.15, 0.2) is 0 Å². The number of carboxylic acids is 1. The molecule has 0 saturated carbocycles. The molecular formula is C19H10Cl2F3NO3S. The lowest BCUT2D eigenvalue weighted by molar-refractivity contribution is -0.275. The molecule has 0 aliphatic carbocycles. The molecule has 0 saturated heterocycles. The predicted octanol–water partition coefficient (Wildman–Crippen LogP) is 6.49. The number of thiophene rings is 1. The molecule has 0 amide bonds. The van der Waals surface area contributed by atoms with Crippen LogP contribution in [0.3, 0.4) is 0 Å². The van der Waals surface area contributed by atoms with Crippen molar-refractivity contribution >= 4 is 56.3 Å². The molecule has 0 bridgehead atoms. The Balaban J connectivity index is 1.82. The first-order chi connectivity index (χ1) is 13.6. The van der Waals surface area contributed by atoms with E-state index in [2.05, 4.69) is 5.16 Å². The van der Waals surface area contributed by atoms with Crippen LogP contribution in [0.4, 0.5) is 13.2 Å². The van der Waals surface area contributed by atoms with Gasteiger partial charge >= 0.3 is 12.1 Å². The van der Waals surface area contributed by atoms with E-state index in [0.717, 1.165) is 12.1 Å². The minimum atomic E-state index is -4.80. The number of halogens is 5. The number of fused-ring (bicyclic) bond motifs is 1. The van der Waals surface area contributed by atoms with Crippen molar-refractivity contribution in [2.75, 3.05) is 0 Å². The molecule has 4 nitrogen and oxygen atoms in total. The zero-order chi connectivity index (χ0) is 21.0. The molecule has 1 unspecified atom stereocenters. The summed E-state index contributed by atoms with van der Waals surface area (Å²) >= 11 is 13.0. The quantitative estimate of drug-likeness (QED) is 0.486. The number of oxime groups is 1. The highest BCUT2D eigenvalue weighted by Crippen LogP contribution is 2.50. The van der Waals surface area contributed by atoms with Gasteiger partial charge < -0.3 is 9.94 Å². The van der Waals surface area contributed by atoms with E-state index in [0.29, 0.717) is 15.6 Å². The van der Waals surface area contributed by atoms with E-state index >= 15 is 0 Å². The van der Waals surface area contributed by atoms with Gasteiger partial charge in [0.05, 0.1) is 17.7 Å². The molecule has 0 spiro atoms. The van der Waals surface area contributed by atoms with Crippen LogP contribution in [-0.4, -0.2) is 23.0 Å². The summed E-state index contributed by atoms with van der Waals surface area (Å²) in [4.78, 5) is 16.4. The lowest BCUT2D eigenvalue weighted by Gasteiger charge is -2.29. The molecule has 2 aromatic carbocycles. The van der Waals surface area contributed by atoms with Crippen molar-refractivity contribution in [2.24, 2.45) is 5.16 Å². The van der Waals surface area contributed by atoms with Crippen LogP contribution in [-0.2, 0) is 10.4 Å². The largest absolute Gasteiger partial charge is 0.478 e. The van der Waals surface area contributed by atoms with Crippen molar-refractivity contribution < 1.29 is 27.9 Å². The van der Waals surface area contributed by atoms with Gasteiger partial charge in [0.2, 0.25) is 0 Å². The lowest BCUT2D eigenvalue weighted by atomic mass is 9.86. The average Bonchev–Trinajstić information content (AvgIpc) is 3.27. The SMILES string of the molecule is O=C(O)c1ccc(C2=NOC(c3cc(Cl)cc(Cl)c3)(C(F)(F)F)C2)c2sccc12. The van der Waals surface area contributed by atoms with E-state index < -0.39 is 24.2 Å². The maximum Gasteiger partial charge on any atom is 0.435 e. The normalized spacial score (nSPS) is 19.3. The van der Waals surface area contributed by atoms with Gasteiger partial charge in [-0.25, -0.2) is 4.79 Å². The van der Waals surface area contributed by atoms with Crippen LogP contribution >= 0.6 is 34.5 Å². The van der Waals surface area contributed by atoms with Gasteiger partial charge in [0, 0.05) is 31.3 Å². The molecule has 1 aliphatic heterocycles. The van der Waals surface area contributed by atoms with Gasteiger partial charge in [0.1, 0.15) is 0 Å². The van der Waals surface area contributed by atoms with Gasteiger partial charge in [-0.15, -0.1) is 11.3 Å². The summed E-state index contributed by atoms with van der Waals surface area (Å²) in [6.07, 6.45) is -5.41. The lowest BCUT2D eigenvalue weighted by Crippen LogP contribution is -2.42. The minimum absolute atomic E-state index is 0.0413. The molecule has 3 aromatic rings. The van der Waals surface area contributed by atoms with Crippen LogP contribution in [0.2, 0.25) is 10.0 Å². The monoisotopic (exact) mass is 459 g/mol. The standard InChI is InChI=1S/C19H10Cl2F3NO3S/c20-10-5-9(6-11(21)7-10)18(19(22,23)24)8-15(25-28-18)14-2-1-13(17(26)27)12-3-4-29-16(12)14/h1-7H,8H2,(H,26,27). The number of rotatable bonds is 3. The Morgan fingerprint density at radius 3 is 2.48 bits per heavy atom. The fourth-order valence-electron chi connectivity index (χ4n) is 3.31. The van der Waals surface area contributed by atoms with E-state index in [-0.39, 0.29) is 26.9 Å². The number of carbonyl (C=O) groups is 1. The van der Waals surface area contributed by atoms with Gasteiger partial charge in [-0.05, 0) is 35.7 Å². The Hall–Kier alpha value is -2.29. The fourth-order valence-corrected chi connectivity index (χ4v) is 4.80. The third-order valence-corrected chi connectivity index (χ3v) is 6.06. The van der Waals surface area contributed by atoms with E-state index in [9.17, 15) is 23.1 Å². The second kappa shape index (κ2) is 6.90. The summed E-state index contributed by atoms with van der Waals surface area (Å²) in [6.45, 7) is 0. The summed E-state index contributed by atoms with van der Waals surface area (Å²) in [7, 11) is 0. The first-order valence-corrected chi connectivity index (χ1v) is 9.78. The van der Waals surface area contributed by atoms with Gasteiger partial charge in [-0.2, -0.15) is 13.2 Å². The fraction of sp³-hybridized carbons (Fsp3) is 0.158. The van der Waals surface area contributed by atoms with Crippen molar-refractivity contribution in [2.45, 2.75) is 18.2 Å². The van der Waals surface area contributed by atoms with Crippen LogP contribution in [0.15, 0.2) is 46.9 Å². The number of alkyl halides is 3. The van der Waals surface area contributed by atoms with Crippen LogP contribution in [0.25, 0.3) is 10.1 Å². The topological polar surface area (TPSA) is 58.9 Å². The maximum atomic E-state index is 14.1. The van der Waals surface area contributed by atoms with Crippen LogP contribution in [0, 0.1) is 0 Å². The second-order valence-corrected chi connectivity index (χ2v) is 8.21. The molecule has 150 valence electrons. The van der Waals surface area contributed by atoms with E-state index in [4.69, 9.17) is 28.0 Å². The molecular weight excluding hydrogens is 450 g/mol. The van der Waals surface area contributed by atoms with E-state index in [1.807, 2.05) is 0 Å². The highest BCUT2D eigenvalue weighted by atomic mass is 35.5. The molecule has 1 aliphatic rings. The number of hydrogen-bond acceptors (Lipinski definition) is 4. The minimum Gasteiger partial charge on any atom is -0.478 e. The third-order valence-electron chi connectivity index (χ3n) is 4.67. The van der Waals surface area contributed by atoms with Crippen molar-refractivity contribution in [3.8, 4) is 0 Å². The number of benzene rings is 2. The molecule has 10 heteroatoms. The number of aromatic carboxylic acids is 1. The Bertz CT molecular complexity index is 1150. The summed E-state index contributed by atoms with van der Waals surface area (Å²) in [5, 5.41) is 15.2. The molecule has 2 heterocycles. The maximum absolute atomic E-state index is 14.1. The molecule has 29 heavy (non-hydrogen) atoms. The summed E-state index contributed by atoms with van der Waals surface area (Å²) in [5.41, 5.74) is -2.49. The Kier molecular flexibility index (Phi) is 4.76. The van der Waals surface area contributed by atoms with Crippen molar-refractivity contribution in [3.05, 3.63) is 68.5 Å². The highest BCUT2D eigenvalue weighted by Gasteiger charge is 2.62. The van der Waals surface area contributed by atoms with Gasteiger partial charge in [-0.3, -0.25) is 0 Å². The summed E-state index contributed by atoms with van der Waals surface area (Å²) in [5.74, 6) is -1.12. The van der Waals surface area contributed by atoms with Crippen LogP contribution in [0.1, 0.15) is 27.9 Å². The number of nitrogens with zero attached hydrogens (tertiary/aromatic N) is 1. The molecule has 4 rings (SSSR count). The third kappa shape index (κ3) is 3.25. The molecule has 1 atom stereocenters. The predicted molar refractivity (Wildman–Crippen MR) is 105 cm³/mol. The van der Waals surface area contributed by atoms with E-state index in [1.54, 1.807) is 11.4 Å². The molecule has 0 fully saturated rings. The molecule has 1 N–H and O–H groups in total. The van der Waals surface area contributed by atoms with Crippen molar-refractivity contribution in [1.82, 2.24) is 0 Å². The zero-order valence-corrected chi connectivity index (χ0v) is 16.6. The zero-order valence-electron chi connectivity index (χ0n) is 14.3. The van der Waals surface area contributed by atoms with E-state index in [1.165, 1.54) is 29.5 Å². The van der Waals surface area contributed by atoms with Gasteiger partial charge in [0.25, 0.3) is 5.60 Å². The summed E-state index contributed by atoms with van der Waals surface area (Å²) < 4.78 is 42.9. The first kappa shape index (κ1) is 20.0. The highest BCUT2D eigenvalue weighted by molar-refractivity contribution is 7.17. The smallest absolute Gasteiger partial charge is 0.435 e. The number of hydrogen-bond donors (Lipinski definition) is 1. The Morgan fingerprint density at radius 1 is 1.17 bits per heavy atom. The van der Waals surface area contributed by atoms with Crippen LogP contribution in [0.5, 0.6) is 0 Å². The van der Waals surface area contributed by atoms with Crippen molar-refractivity contribution in [1.29, 1.82) is 0 Å². The number of carboxylic acid groups (broad SMARTS) is 1. The summed E-state index contributed by atoms with van der Waals surface area (Å²) in [6, 6.07) is 8.02.